The molecule has 1 saturated heterocycles. The molecule has 0 bridgehead atoms. The zero-order chi connectivity index (χ0) is 17.1. The standard InChI is InChI=1S/C19H23ClN2O2/c1-2-3-4-13-22-18(23)16(14-7-9-15(20)10-8-14)17(19(22)24)21-11-5-6-12-21/h7-10H,2-6,11-13H2,1H3. The molecule has 0 radical (unpaired) electrons. The van der Waals surface area contributed by atoms with Gasteiger partial charge in [-0.25, -0.2) is 0 Å². The lowest BCUT2D eigenvalue weighted by Gasteiger charge is -2.20. The summed E-state index contributed by atoms with van der Waals surface area (Å²) in [5.41, 5.74) is 1.89. The Kier molecular flexibility index (Phi) is 5.24. The van der Waals surface area contributed by atoms with Gasteiger partial charge in [-0.3, -0.25) is 14.5 Å². The summed E-state index contributed by atoms with van der Waals surface area (Å²) in [6.45, 7) is 4.29. The van der Waals surface area contributed by atoms with E-state index >= 15 is 0 Å². The highest BCUT2D eigenvalue weighted by molar-refractivity contribution is 6.36. The summed E-state index contributed by atoms with van der Waals surface area (Å²) in [5.74, 6) is -0.303. The highest BCUT2D eigenvalue weighted by atomic mass is 35.5. The van der Waals surface area contributed by atoms with Gasteiger partial charge in [0.15, 0.2) is 0 Å². The monoisotopic (exact) mass is 346 g/mol. The second-order valence-electron chi connectivity index (χ2n) is 6.39. The Morgan fingerprint density at radius 3 is 2.29 bits per heavy atom. The molecule has 2 heterocycles. The highest BCUT2D eigenvalue weighted by Crippen LogP contribution is 2.33. The highest BCUT2D eigenvalue weighted by Gasteiger charge is 2.41. The third-order valence-corrected chi connectivity index (χ3v) is 4.94. The van der Waals surface area contributed by atoms with Crippen LogP contribution < -0.4 is 0 Å². The van der Waals surface area contributed by atoms with E-state index in [9.17, 15) is 9.59 Å². The number of benzene rings is 1. The van der Waals surface area contributed by atoms with Gasteiger partial charge in [0.25, 0.3) is 11.8 Å². The van der Waals surface area contributed by atoms with Gasteiger partial charge in [-0.15, -0.1) is 0 Å². The van der Waals surface area contributed by atoms with Crippen molar-refractivity contribution in [2.24, 2.45) is 0 Å². The van der Waals surface area contributed by atoms with Gasteiger partial charge in [-0.05, 0) is 37.0 Å². The number of amides is 2. The molecule has 0 saturated carbocycles. The van der Waals surface area contributed by atoms with E-state index in [1.54, 1.807) is 12.1 Å². The summed E-state index contributed by atoms with van der Waals surface area (Å²) in [6.07, 6.45) is 5.07. The van der Waals surface area contributed by atoms with Crippen molar-refractivity contribution < 1.29 is 9.59 Å². The van der Waals surface area contributed by atoms with E-state index in [0.717, 1.165) is 50.8 Å². The van der Waals surface area contributed by atoms with E-state index < -0.39 is 0 Å². The molecule has 0 N–H and O–H groups in total. The molecule has 2 amide bonds. The van der Waals surface area contributed by atoms with Crippen LogP contribution >= 0.6 is 11.6 Å². The number of hydrogen-bond donors (Lipinski definition) is 0. The Labute approximate surface area is 148 Å². The van der Waals surface area contributed by atoms with Crippen molar-refractivity contribution in [2.75, 3.05) is 19.6 Å². The van der Waals surface area contributed by atoms with Crippen LogP contribution in [-0.4, -0.2) is 41.2 Å². The van der Waals surface area contributed by atoms with Crippen molar-refractivity contribution in [3.63, 3.8) is 0 Å². The molecule has 1 fully saturated rings. The molecule has 1 aromatic rings. The molecule has 2 aliphatic rings. The SMILES string of the molecule is CCCCCN1C(=O)C(c2ccc(Cl)cc2)=C(N2CCCC2)C1=O. The van der Waals surface area contributed by atoms with Crippen LogP contribution in [-0.2, 0) is 9.59 Å². The van der Waals surface area contributed by atoms with Gasteiger partial charge < -0.3 is 4.90 Å². The number of imide groups is 1. The Morgan fingerprint density at radius 2 is 1.67 bits per heavy atom. The van der Waals surface area contributed by atoms with Crippen LogP contribution in [0.4, 0.5) is 0 Å². The molecular weight excluding hydrogens is 324 g/mol. The van der Waals surface area contributed by atoms with Crippen molar-refractivity contribution in [3.05, 3.63) is 40.5 Å². The summed E-state index contributed by atoms with van der Waals surface area (Å²) in [5, 5.41) is 0.624. The zero-order valence-corrected chi connectivity index (χ0v) is 14.8. The Bertz CT molecular complexity index is 660. The molecule has 0 spiro atoms. The van der Waals surface area contributed by atoms with E-state index in [4.69, 9.17) is 11.6 Å². The minimum atomic E-state index is -0.166. The number of carbonyl (C=O) groups is 2. The van der Waals surface area contributed by atoms with Gasteiger partial charge in [-0.1, -0.05) is 43.5 Å². The van der Waals surface area contributed by atoms with E-state index in [1.165, 1.54) is 4.90 Å². The summed E-state index contributed by atoms with van der Waals surface area (Å²) in [6, 6.07) is 7.19. The van der Waals surface area contributed by atoms with E-state index in [-0.39, 0.29) is 11.8 Å². The number of halogens is 1. The third-order valence-electron chi connectivity index (χ3n) is 4.68. The van der Waals surface area contributed by atoms with Crippen molar-refractivity contribution in [1.29, 1.82) is 0 Å². The Balaban J connectivity index is 1.96. The molecule has 24 heavy (non-hydrogen) atoms. The molecule has 1 aromatic carbocycles. The average Bonchev–Trinajstić information content (AvgIpc) is 3.17. The number of carbonyl (C=O) groups excluding carboxylic acids is 2. The van der Waals surface area contributed by atoms with Crippen LogP contribution in [0.5, 0.6) is 0 Å². The quantitative estimate of drug-likeness (QED) is 0.582. The van der Waals surface area contributed by atoms with E-state index in [2.05, 4.69) is 11.8 Å². The number of unbranched alkanes of at least 4 members (excludes halogenated alkanes) is 2. The van der Waals surface area contributed by atoms with Crippen molar-refractivity contribution >= 4 is 29.0 Å². The minimum absolute atomic E-state index is 0.136. The first-order valence-corrected chi connectivity index (χ1v) is 9.12. The molecule has 0 aliphatic carbocycles. The first-order chi connectivity index (χ1) is 11.6. The maximum absolute atomic E-state index is 13.0. The van der Waals surface area contributed by atoms with Gasteiger partial charge in [0.2, 0.25) is 0 Å². The van der Waals surface area contributed by atoms with E-state index in [0.29, 0.717) is 22.8 Å². The van der Waals surface area contributed by atoms with Crippen LogP contribution in [0.1, 0.15) is 44.6 Å². The minimum Gasteiger partial charge on any atom is -0.366 e. The lowest BCUT2D eigenvalue weighted by Crippen LogP contribution is -2.35. The first kappa shape index (κ1) is 17.0. The maximum Gasteiger partial charge on any atom is 0.277 e. The molecule has 128 valence electrons. The predicted octanol–water partition coefficient (Wildman–Crippen LogP) is 3.71. The van der Waals surface area contributed by atoms with Gasteiger partial charge >= 0.3 is 0 Å². The fourth-order valence-corrected chi connectivity index (χ4v) is 3.52. The second-order valence-corrected chi connectivity index (χ2v) is 6.83. The topological polar surface area (TPSA) is 40.6 Å². The number of likely N-dealkylation sites (tertiary alicyclic amines) is 1. The molecule has 0 aromatic heterocycles. The Hall–Kier alpha value is -1.81. The normalized spacial score (nSPS) is 18.2. The number of nitrogens with zero attached hydrogens (tertiary/aromatic N) is 2. The van der Waals surface area contributed by atoms with Crippen molar-refractivity contribution in [2.45, 2.75) is 39.0 Å². The van der Waals surface area contributed by atoms with Crippen LogP contribution in [0.15, 0.2) is 30.0 Å². The van der Waals surface area contributed by atoms with Crippen LogP contribution in [0, 0.1) is 0 Å². The van der Waals surface area contributed by atoms with Gasteiger partial charge in [0.1, 0.15) is 5.70 Å². The fraction of sp³-hybridized carbons (Fsp3) is 0.474. The van der Waals surface area contributed by atoms with Crippen molar-refractivity contribution in [3.8, 4) is 0 Å². The van der Waals surface area contributed by atoms with E-state index in [1.807, 2.05) is 12.1 Å². The lowest BCUT2D eigenvalue weighted by molar-refractivity contribution is -0.137. The number of hydrogen-bond acceptors (Lipinski definition) is 3. The van der Waals surface area contributed by atoms with Gasteiger partial charge in [0, 0.05) is 24.7 Å². The molecule has 4 nitrogen and oxygen atoms in total. The molecule has 3 rings (SSSR count). The van der Waals surface area contributed by atoms with Gasteiger partial charge in [0.05, 0.1) is 5.57 Å². The average molecular weight is 347 g/mol. The summed E-state index contributed by atoms with van der Waals surface area (Å²) >= 11 is 5.97. The first-order valence-electron chi connectivity index (χ1n) is 8.75. The van der Waals surface area contributed by atoms with Crippen LogP contribution in [0.25, 0.3) is 5.57 Å². The third kappa shape index (κ3) is 3.20. The Morgan fingerprint density at radius 1 is 1.00 bits per heavy atom. The second kappa shape index (κ2) is 7.39. The predicted molar refractivity (Wildman–Crippen MR) is 95.4 cm³/mol. The molecule has 2 aliphatic heterocycles. The molecular formula is C19H23ClN2O2. The summed E-state index contributed by atoms with van der Waals surface area (Å²) < 4.78 is 0. The maximum atomic E-state index is 13.0. The number of rotatable bonds is 6. The van der Waals surface area contributed by atoms with Crippen LogP contribution in [0.3, 0.4) is 0 Å². The molecule has 0 atom stereocenters. The fourth-order valence-electron chi connectivity index (χ4n) is 3.40. The van der Waals surface area contributed by atoms with Crippen LogP contribution in [0.2, 0.25) is 5.02 Å². The largest absolute Gasteiger partial charge is 0.366 e. The molecule has 5 heteroatoms. The summed E-state index contributed by atoms with van der Waals surface area (Å²) in [7, 11) is 0. The van der Waals surface area contributed by atoms with Crippen molar-refractivity contribution in [1.82, 2.24) is 9.80 Å². The summed E-state index contributed by atoms with van der Waals surface area (Å²) in [4.78, 5) is 29.4. The molecule has 0 unspecified atom stereocenters. The lowest BCUT2D eigenvalue weighted by atomic mass is 10.0. The smallest absolute Gasteiger partial charge is 0.277 e. The van der Waals surface area contributed by atoms with Gasteiger partial charge in [-0.2, -0.15) is 0 Å². The zero-order valence-electron chi connectivity index (χ0n) is 14.1.